The molecule has 7 heteroatoms. The Hall–Kier alpha value is -1.18. The summed E-state index contributed by atoms with van der Waals surface area (Å²) >= 11 is 0. The van der Waals surface area contributed by atoms with Gasteiger partial charge in [-0.3, -0.25) is 14.5 Å². The summed E-state index contributed by atoms with van der Waals surface area (Å²) in [7, 11) is 0. The van der Waals surface area contributed by atoms with Crippen LogP contribution in [0.1, 0.15) is 54.4 Å². The Morgan fingerprint density at radius 2 is 1.50 bits per heavy atom. The maximum Gasteiger partial charge on any atom is 0.311 e. The zero-order chi connectivity index (χ0) is 20.2. The van der Waals surface area contributed by atoms with Crippen molar-refractivity contribution in [3.8, 4) is 0 Å². The van der Waals surface area contributed by atoms with Crippen LogP contribution in [0.3, 0.4) is 0 Å². The molecule has 154 valence electrons. The minimum absolute atomic E-state index is 0.0385. The third kappa shape index (κ3) is 8.47. The molecular weight excluding hydrogens is 338 g/mol. The fourth-order valence-electron chi connectivity index (χ4n) is 2.69. The number of aliphatic hydroxyl groups excluding tert-OH is 1. The number of ether oxygens (including phenoxy) is 3. The zero-order valence-corrected chi connectivity index (χ0v) is 17.3. The van der Waals surface area contributed by atoms with Crippen LogP contribution in [-0.2, 0) is 23.8 Å². The van der Waals surface area contributed by atoms with Crippen LogP contribution in [0.5, 0.6) is 0 Å². The van der Waals surface area contributed by atoms with Crippen molar-refractivity contribution in [2.75, 3.05) is 46.2 Å². The second kappa shape index (κ2) is 12.3. The van der Waals surface area contributed by atoms with E-state index >= 15 is 0 Å². The lowest BCUT2D eigenvalue weighted by Crippen LogP contribution is -2.39. The number of rotatable bonds is 14. The van der Waals surface area contributed by atoms with E-state index in [0.717, 1.165) is 13.1 Å². The Balaban J connectivity index is 4.49. The molecule has 0 spiro atoms. The molecule has 1 atom stereocenters. The molecule has 0 aliphatic heterocycles. The molecule has 0 aromatic rings. The van der Waals surface area contributed by atoms with E-state index in [1.54, 1.807) is 20.8 Å². The lowest BCUT2D eigenvalue weighted by Gasteiger charge is -2.33. The average Bonchev–Trinajstić information content (AvgIpc) is 2.61. The van der Waals surface area contributed by atoms with Crippen LogP contribution < -0.4 is 0 Å². The van der Waals surface area contributed by atoms with Crippen LogP contribution in [0.15, 0.2) is 0 Å². The summed E-state index contributed by atoms with van der Waals surface area (Å²) in [4.78, 5) is 26.8. The SMILES string of the molecule is CCN(CC)COCCOC(=O)C(C)(C)CC(C)(CC)C(=O)OCCO. The molecule has 0 saturated carbocycles. The number of nitrogens with zero attached hydrogens (tertiary/aromatic N) is 1. The van der Waals surface area contributed by atoms with E-state index < -0.39 is 16.8 Å². The zero-order valence-electron chi connectivity index (χ0n) is 17.3. The highest BCUT2D eigenvalue weighted by Crippen LogP contribution is 2.38. The summed E-state index contributed by atoms with van der Waals surface area (Å²) in [6.45, 7) is 13.9. The third-order valence-electron chi connectivity index (χ3n) is 4.61. The second-order valence-electron chi connectivity index (χ2n) is 7.31. The molecule has 0 rings (SSSR count). The molecule has 0 heterocycles. The monoisotopic (exact) mass is 375 g/mol. The summed E-state index contributed by atoms with van der Waals surface area (Å²) in [6, 6.07) is 0. The van der Waals surface area contributed by atoms with E-state index in [1.807, 2.05) is 6.92 Å². The van der Waals surface area contributed by atoms with E-state index in [9.17, 15) is 9.59 Å². The van der Waals surface area contributed by atoms with E-state index in [-0.39, 0.29) is 25.8 Å². The normalized spacial score (nSPS) is 14.2. The molecule has 0 fully saturated rings. The van der Waals surface area contributed by atoms with Crippen molar-refractivity contribution in [2.45, 2.75) is 54.4 Å². The van der Waals surface area contributed by atoms with Gasteiger partial charge in [0.2, 0.25) is 0 Å². The summed E-state index contributed by atoms with van der Waals surface area (Å²) < 4.78 is 15.9. The Bertz CT molecular complexity index is 422. The molecule has 1 N–H and O–H groups in total. The van der Waals surface area contributed by atoms with Crippen molar-refractivity contribution in [2.24, 2.45) is 10.8 Å². The van der Waals surface area contributed by atoms with Gasteiger partial charge in [-0.05, 0) is 46.7 Å². The molecule has 0 aromatic heterocycles. The maximum atomic E-state index is 12.4. The Morgan fingerprint density at radius 1 is 0.923 bits per heavy atom. The molecule has 0 bridgehead atoms. The second-order valence-corrected chi connectivity index (χ2v) is 7.31. The van der Waals surface area contributed by atoms with Gasteiger partial charge in [-0.15, -0.1) is 0 Å². The van der Waals surface area contributed by atoms with Gasteiger partial charge in [0, 0.05) is 0 Å². The molecule has 0 amide bonds. The molecule has 0 saturated heterocycles. The summed E-state index contributed by atoms with van der Waals surface area (Å²) in [5, 5.41) is 8.81. The number of hydrogen-bond acceptors (Lipinski definition) is 7. The van der Waals surface area contributed by atoms with Crippen LogP contribution >= 0.6 is 0 Å². The van der Waals surface area contributed by atoms with Crippen molar-refractivity contribution in [3.63, 3.8) is 0 Å². The summed E-state index contributed by atoms with van der Waals surface area (Å²) in [6.07, 6.45) is 0.834. The first kappa shape index (κ1) is 24.8. The first-order valence-electron chi connectivity index (χ1n) is 9.42. The van der Waals surface area contributed by atoms with Gasteiger partial charge in [0.15, 0.2) is 0 Å². The molecule has 1 unspecified atom stereocenters. The number of carbonyl (C=O) groups is 2. The van der Waals surface area contributed by atoms with Gasteiger partial charge in [0.1, 0.15) is 13.2 Å². The quantitative estimate of drug-likeness (QED) is 0.283. The summed E-state index contributed by atoms with van der Waals surface area (Å²) in [5.74, 6) is -0.768. The lowest BCUT2D eigenvalue weighted by atomic mass is 9.72. The standard InChI is InChI=1S/C19H37NO6/c1-7-19(6,17(23)25-11-10-21)14-18(4,5)16(22)26-13-12-24-15-20(8-2)9-3/h21H,7-15H2,1-6H3. The minimum atomic E-state index is -0.831. The molecular formula is C19H37NO6. The number of aliphatic hydroxyl groups is 1. The number of esters is 2. The number of hydrogen-bond donors (Lipinski definition) is 1. The molecule has 7 nitrogen and oxygen atoms in total. The first-order chi connectivity index (χ1) is 12.2. The lowest BCUT2D eigenvalue weighted by molar-refractivity contribution is -0.164. The van der Waals surface area contributed by atoms with Crippen LogP contribution in [0.25, 0.3) is 0 Å². The van der Waals surface area contributed by atoms with E-state index in [0.29, 0.717) is 26.2 Å². The molecule has 0 aromatic carbocycles. The van der Waals surface area contributed by atoms with Gasteiger partial charge >= 0.3 is 11.9 Å². The predicted molar refractivity (Wildman–Crippen MR) is 99.5 cm³/mol. The Kier molecular flexibility index (Phi) is 11.7. The van der Waals surface area contributed by atoms with E-state index in [1.165, 1.54) is 0 Å². The fraction of sp³-hybridized carbons (Fsp3) is 0.895. The molecule has 26 heavy (non-hydrogen) atoms. The van der Waals surface area contributed by atoms with Crippen molar-refractivity contribution >= 4 is 11.9 Å². The van der Waals surface area contributed by atoms with Gasteiger partial charge in [0.25, 0.3) is 0 Å². The van der Waals surface area contributed by atoms with Gasteiger partial charge in [-0.2, -0.15) is 0 Å². The highest BCUT2D eigenvalue weighted by Gasteiger charge is 2.42. The van der Waals surface area contributed by atoms with Crippen LogP contribution in [0.4, 0.5) is 0 Å². The minimum Gasteiger partial charge on any atom is -0.463 e. The Morgan fingerprint density at radius 3 is 2.00 bits per heavy atom. The third-order valence-corrected chi connectivity index (χ3v) is 4.61. The molecule has 0 aliphatic rings. The predicted octanol–water partition coefficient (Wildman–Crippen LogP) is 2.21. The maximum absolute atomic E-state index is 12.4. The van der Waals surface area contributed by atoms with Gasteiger partial charge < -0.3 is 19.3 Å². The van der Waals surface area contributed by atoms with Crippen LogP contribution in [0.2, 0.25) is 0 Å². The smallest absolute Gasteiger partial charge is 0.311 e. The summed E-state index contributed by atoms with van der Waals surface area (Å²) in [5.41, 5.74) is -1.64. The van der Waals surface area contributed by atoms with Gasteiger partial charge in [0.05, 0.1) is 30.8 Å². The van der Waals surface area contributed by atoms with Crippen molar-refractivity contribution in [3.05, 3.63) is 0 Å². The fourth-order valence-corrected chi connectivity index (χ4v) is 2.69. The van der Waals surface area contributed by atoms with Gasteiger partial charge in [-0.25, -0.2) is 0 Å². The number of carbonyl (C=O) groups excluding carboxylic acids is 2. The van der Waals surface area contributed by atoms with Gasteiger partial charge in [-0.1, -0.05) is 20.8 Å². The highest BCUT2D eigenvalue weighted by atomic mass is 16.6. The first-order valence-corrected chi connectivity index (χ1v) is 9.42. The largest absolute Gasteiger partial charge is 0.463 e. The van der Waals surface area contributed by atoms with Crippen molar-refractivity contribution in [1.29, 1.82) is 0 Å². The topological polar surface area (TPSA) is 85.3 Å². The van der Waals surface area contributed by atoms with Crippen molar-refractivity contribution in [1.82, 2.24) is 4.90 Å². The van der Waals surface area contributed by atoms with Crippen LogP contribution in [0, 0.1) is 10.8 Å². The highest BCUT2D eigenvalue weighted by molar-refractivity contribution is 5.80. The average molecular weight is 376 g/mol. The molecule has 0 aliphatic carbocycles. The van der Waals surface area contributed by atoms with E-state index in [4.69, 9.17) is 19.3 Å². The Labute approximate surface area is 158 Å². The van der Waals surface area contributed by atoms with E-state index in [2.05, 4.69) is 18.7 Å². The van der Waals surface area contributed by atoms with Crippen molar-refractivity contribution < 1.29 is 28.9 Å². The van der Waals surface area contributed by atoms with Crippen LogP contribution in [-0.4, -0.2) is 68.2 Å². The molecule has 0 radical (unpaired) electrons.